The number of benzene rings is 1. The standard InChI is InChI=1S/C13H16N2O2/c1-9(16)14-8-10-3-2-4-12(7-10)15-13(17)11-5-6-11/h2-4,7,11H,5-6,8H2,1H3,(H,14,16)(H,15,17). The highest BCUT2D eigenvalue weighted by atomic mass is 16.2. The lowest BCUT2D eigenvalue weighted by Crippen LogP contribution is -2.19. The Bertz CT molecular complexity index is 439. The Morgan fingerprint density at radius 2 is 2.12 bits per heavy atom. The first kappa shape index (κ1) is 11.6. The Morgan fingerprint density at radius 3 is 2.76 bits per heavy atom. The highest BCUT2D eigenvalue weighted by molar-refractivity contribution is 5.94. The molecule has 0 atom stereocenters. The van der Waals surface area contributed by atoms with E-state index in [1.807, 2.05) is 24.3 Å². The molecule has 0 spiro atoms. The molecule has 2 amide bonds. The van der Waals surface area contributed by atoms with E-state index < -0.39 is 0 Å². The van der Waals surface area contributed by atoms with Crippen LogP contribution in [0.3, 0.4) is 0 Å². The fourth-order valence-corrected chi connectivity index (χ4v) is 1.58. The maximum atomic E-state index is 11.6. The predicted octanol–water partition coefficient (Wildman–Crippen LogP) is 1.67. The summed E-state index contributed by atoms with van der Waals surface area (Å²) in [6, 6.07) is 7.54. The van der Waals surface area contributed by atoms with Crippen molar-refractivity contribution in [2.45, 2.75) is 26.3 Å². The molecular weight excluding hydrogens is 216 g/mol. The van der Waals surface area contributed by atoms with Gasteiger partial charge in [-0.15, -0.1) is 0 Å². The third kappa shape index (κ3) is 3.59. The van der Waals surface area contributed by atoms with E-state index in [4.69, 9.17) is 0 Å². The number of hydrogen-bond acceptors (Lipinski definition) is 2. The van der Waals surface area contributed by atoms with E-state index in [2.05, 4.69) is 10.6 Å². The molecule has 17 heavy (non-hydrogen) atoms. The first-order chi connectivity index (χ1) is 8.15. The van der Waals surface area contributed by atoms with Gasteiger partial charge in [0.25, 0.3) is 0 Å². The van der Waals surface area contributed by atoms with Crippen molar-refractivity contribution in [1.82, 2.24) is 5.32 Å². The average Bonchev–Trinajstić information content (AvgIpc) is 3.10. The van der Waals surface area contributed by atoms with Gasteiger partial charge in [0.1, 0.15) is 0 Å². The quantitative estimate of drug-likeness (QED) is 0.829. The predicted molar refractivity (Wildman–Crippen MR) is 65.3 cm³/mol. The number of anilines is 1. The topological polar surface area (TPSA) is 58.2 Å². The molecule has 0 radical (unpaired) electrons. The van der Waals surface area contributed by atoms with Gasteiger partial charge in [-0.05, 0) is 30.5 Å². The van der Waals surface area contributed by atoms with Crippen molar-refractivity contribution in [3.05, 3.63) is 29.8 Å². The maximum Gasteiger partial charge on any atom is 0.227 e. The molecule has 1 aromatic rings. The molecular formula is C13H16N2O2. The van der Waals surface area contributed by atoms with Crippen molar-refractivity contribution in [2.75, 3.05) is 5.32 Å². The molecule has 0 aliphatic heterocycles. The van der Waals surface area contributed by atoms with E-state index in [0.717, 1.165) is 24.1 Å². The summed E-state index contributed by atoms with van der Waals surface area (Å²) in [5.74, 6) is 0.244. The summed E-state index contributed by atoms with van der Waals surface area (Å²) in [6.07, 6.45) is 1.99. The lowest BCUT2D eigenvalue weighted by atomic mass is 10.2. The number of nitrogens with one attached hydrogen (secondary N) is 2. The van der Waals surface area contributed by atoms with Crippen molar-refractivity contribution in [3.8, 4) is 0 Å². The molecule has 2 rings (SSSR count). The largest absolute Gasteiger partial charge is 0.352 e. The van der Waals surface area contributed by atoms with E-state index >= 15 is 0 Å². The minimum atomic E-state index is -0.0579. The number of amides is 2. The molecule has 90 valence electrons. The van der Waals surface area contributed by atoms with Crippen LogP contribution in [0.2, 0.25) is 0 Å². The number of hydrogen-bond donors (Lipinski definition) is 2. The van der Waals surface area contributed by atoms with Gasteiger partial charge in [0.2, 0.25) is 11.8 Å². The van der Waals surface area contributed by atoms with Crippen LogP contribution in [0.1, 0.15) is 25.3 Å². The first-order valence-corrected chi connectivity index (χ1v) is 5.79. The van der Waals surface area contributed by atoms with Crippen molar-refractivity contribution >= 4 is 17.5 Å². The summed E-state index contributed by atoms with van der Waals surface area (Å²) in [5.41, 5.74) is 1.78. The van der Waals surface area contributed by atoms with Gasteiger partial charge < -0.3 is 10.6 Å². The molecule has 0 unspecified atom stereocenters. The zero-order chi connectivity index (χ0) is 12.3. The van der Waals surface area contributed by atoms with E-state index in [1.165, 1.54) is 6.92 Å². The second kappa shape index (κ2) is 4.99. The zero-order valence-corrected chi connectivity index (χ0v) is 9.82. The van der Waals surface area contributed by atoms with Gasteiger partial charge in [-0.2, -0.15) is 0 Å². The minimum Gasteiger partial charge on any atom is -0.352 e. The highest BCUT2D eigenvalue weighted by Crippen LogP contribution is 2.30. The smallest absolute Gasteiger partial charge is 0.227 e. The van der Waals surface area contributed by atoms with Crippen LogP contribution < -0.4 is 10.6 Å². The summed E-state index contributed by atoms with van der Waals surface area (Å²) < 4.78 is 0. The average molecular weight is 232 g/mol. The van der Waals surface area contributed by atoms with Crippen molar-refractivity contribution in [2.24, 2.45) is 5.92 Å². The van der Waals surface area contributed by atoms with Gasteiger partial charge in [-0.25, -0.2) is 0 Å². The summed E-state index contributed by atoms with van der Waals surface area (Å²) in [6.45, 7) is 1.97. The summed E-state index contributed by atoms with van der Waals surface area (Å²) >= 11 is 0. The SMILES string of the molecule is CC(=O)NCc1cccc(NC(=O)C2CC2)c1. The van der Waals surface area contributed by atoms with Crippen LogP contribution in [0.25, 0.3) is 0 Å². The molecule has 4 nitrogen and oxygen atoms in total. The summed E-state index contributed by atoms with van der Waals surface area (Å²) in [5, 5.41) is 5.61. The van der Waals surface area contributed by atoms with Gasteiger partial charge in [-0.3, -0.25) is 9.59 Å². The number of carbonyl (C=O) groups is 2. The van der Waals surface area contributed by atoms with Crippen LogP contribution in [0.4, 0.5) is 5.69 Å². The lowest BCUT2D eigenvalue weighted by molar-refractivity contribution is -0.119. The van der Waals surface area contributed by atoms with Gasteiger partial charge in [0.05, 0.1) is 0 Å². The van der Waals surface area contributed by atoms with E-state index in [1.54, 1.807) is 0 Å². The summed E-state index contributed by atoms with van der Waals surface area (Å²) in [7, 11) is 0. The molecule has 1 aliphatic rings. The molecule has 1 aliphatic carbocycles. The van der Waals surface area contributed by atoms with E-state index in [-0.39, 0.29) is 17.7 Å². The Balaban J connectivity index is 1.95. The fourth-order valence-electron chi connectivity index (χ4n) is 1.58. The zero-order valence-electron chi connectivity index (χ0n) is 9.82. The van der Waals surface area contributed by atoms with Crippen LogP contribution in [0, 0.1) is 5.92 Å². The van der Waals surface area contributed by atoms with Crippen LogP contribution in [-0.4, -0.2) is 11.8 Å². The number of carbonyl (C=O) groups excluding carboxylic acids is 2. The Morgan fingerprint density at radius 1 is 1.35 bits per heavy atom. The molecule has 1 fully saturated rings. The van der Waals surface area contributed by atoms with Crippen LogP contribution in [0.15, 0.2) is 24.3 Å². The molecule has 4 heteroatoms. The van der Waals surface area contributed by atoms with Crippen molar-refractivity contribution in [1.29, 1.82) is 0 Å². The van der Waals surface area contributed by atoms with Gasteiger partial charge in [0.15, 0.2) is 0 Å². The fraction of sp³-hybridized carbons (Fsp3) is 0.385. The van der Waals surface area contributed by atoms with Crippen LogP contribution >= 0.6 is 0 Å². The number of rotatable bonds is 4. The maximum absolute atomic E-state index is 11.6. The molecule has 2 N–H and O–H groups in total. The molecule has 0 bridgehead atoms. The van der Waals surface area contributed by atoms with E-state index in [9.17, 15) is 9.59 Å². The Hall–Kier alpha value is -1.84. The van der Waals surface area contributed by atoms with Crippen molar-refractivity contribution < 1.29 is 9.59 Å². The monoisotopic (exact) mass is 232 g/mol. The molecule has 0 heterocycles. The molecule has 0 aromatic heterocycles. The van der Waals surface area contributed by atoms with Crippen LogP contribution in [-0.2, 0) is 16.1 Å². The molecule has 1 aromatic carbocycles. The van der Waals surface area contributed by atoms with Crippen LogP contribution in [0.5, 0.6) is 0 Å². The third-order valence-corrected chi connectivity index (χ3v) is 2.68. The first-order valence-electron chi connectivity index (χ1n) is 5.79. The van der Waals surface area contributed by atoms with Gasteiger partial charge in [-0.1, -0.05) is 12.1 Å². The molecule has 0 saturated heterocycles. The van der Waals surface area contributed by atoms with Crippen molar-refractivity contribution in [3.63, 3.8) is 0 Å². The second-order valence-corrected chi connectivity index (χ2v) is 4.37. The van der Waals surface area contributed by atoms with Gasteiger partial charge in [0, 0.05) is 25.1 Å². The Kier molecular flexibility index (Phi) is 3.42. The van der Waals surface area contributed by atoms with E-state index in [0.29, 0.717) is 6.54 Å². The molecule has 1 saturated carbocycles. The normalized spacial score (nSPS) is 14.2. The minimum absolute atomic E-state index is 0.0579. The Labute approximate surface area is 100 Å². The third-order valence-electron chi connectivity index (χ3n) is 2.68. The van der Waals surface area contributed by atoms with Gasteiger partial charge >= 0.3 is 0 Å². The summed E-state index contributed by atoms with van der Waals surface area (Å²) in [4.78, 5) is 22.4. The second-order valence-electron chi connectivity index (χ2n) is 4.37. The lowest BCUT2D eigenvalue weighted by Gasteiger charge is -2.07. The highest BCUT2D eigenvalue weighted by Gasteiger charge is 2.29.